The molecule has 0 saturated heterocycles. The molecule has 1 aromatic heterocycles. The first-order chi connectivity index (χ1) is 12.9. The van der Waals surface area contributed by atoms with Gasteiger partial charge < -0.3 is 0 Å². The molecule has 3 rings (SSSR count). The molecular formula is C16H12ClN5O4S. The third-order valence-corrected chi connectivity index (χ3v) is 5.03. The molecule has 0 atom stereocenters. The zero-order valence-electron chi connectivity index (χ0n) is 13.5. The van der Waals surface area contributed by atoms with Crippen molar-refractivity contribution >= 4 is 33.5 Å². The Kier molecular flexibility index (Phi) is 5.19. The van der Waals surface area contributed by atoms with Gasteiger partial charge in [0.15, 0.2) is 0 Å². The summed E-state index contributed by atoms with van der Waals surface area (Å²) < 4.78 is 24.4. The molecule has 0 bridgehead atoms. The van der Waals surface area contributed by atoms with Gasteiger partial charge in [-0.1, -0.05) is 23.7 Å². The zero-order chi connectivity index (χ0) is 19.4. The smallest absolute Gasteiger partial charge is 0.276 e. The van der Waals surface area contributed by atoms with Crippen LogP contribution in [-0.2, 0) is 10.0 Å². The van der Waals surface area contributed by atoms with E-state index in [0.717, 1.165) is 29.8 Å². The first kappa shape index (κ1) is 18.5. The highest BCUT2D eigenvalue weighted by atomic mass is 35.5. The van der Waals surface area contributed by atoms with Crippen LogP contribution in [0, 0.1) is 10.1 Å². The van der Waals surface area contributed by atoms with E-state index in [9.17, 15) is 18.5 Å². The van der Waals surface area contributed by atoms with E-state index in [4.69, 9.17) is 11.6 Å². The molecule has 0 aliphatic heterocycles. The summed E-state index contributed by atoms with van der Waals surface area (Å²) in [4.78, 5) is 11.9. The molecule has 0 aliphatic carbocycles. The van der Waals surface area contributed by atoms with E-state index < -0.39 is 14.9 Å². The standard InChI is InChI=1S/C16H12ClN5O4S/c17-13-3-1-11(2-4-13)16-12(9-18-20-16)10-19-21-27(25,26)15-7-5-14(6-8-15)22(23)24/h1-10,21H,(H,18,20). The van der Waals surface area contributed by atoms with Crippen LogP contribution in [0.1, 0.15) is 5.56 Å². The third-order valence-electron chi connectivity index (χ3n) is 3.54. The SMILES string of the molecule is O=[N+]([O-])c1ccc(S(=O)(=O)NN=Cc2cn[nH]c2-c2ccc(Cl)cc2)cc1. The monoisotopic (exact) mass is 405 g/mol. The largest absolute Gasteiger partial charge is 0.277 e. The molecule has 138 valence electrons. The second-order valence-electron chi connectivity index (χ2n) is 5.31. The van der Waals surface area contributed by atoms with Crippen molar-refractivity contribution in [2.45, 2.75) is 4.90 Å². The van der Waals surface area contributed by atoms with Gasteiger partial charge in [0.2, 0.25) is 0 Å². The topological polar surface area (TPSA) is 130 Å². The number of rotatable bonds is 6. The fourth-order valence-corrected chi connectivity index (χ4v) is 3.12. The van der Waals surface area contributed by atoms with E-state index in [1.54, 1.807) is 24.3 Å². The summed E-state index contributed by atoms with van der Waals surface area (Å²) in [6.45, 7) is 0. The van der Waals surface area contributed by atoms with Crippen LogP contribution in [-0.4, -0.2) is 29.8 Å². The molecule has 0 amide bonds. The van der Waals surface area contributed by atoms with E-state index in [1.807, 2.05) is 0 Å². The van der Waals surface area contributed by atoms with Crippen LogP contribution in [0.3, 0.4) is 0 Å². The van der Waals surface area contributed by atoms with Crippen molar-refractivity contribution in [2.75, 3.05) is 0 Å². The number of H-pyrrole nitrogens is 1. The Balaban J connectivity index is 1.76. The number of nitro benzene ring substituents is 1. The van der Waals surface area contributed by atoms with Gasteiger partial charge in [0.05, 0.1) is 27.9 Å². The number of nitrogens with one attached hydrogen (secondary N) is 2. The number of aromatic nitrogens is 2. The fraction of sp³-hybridized carbons (Fsp3) is 0. The number of nitrogens with zero attached hydrogens (tertiary/aromatic N) is 3. The molecule has 0 fully saturated rings. The molecule has 2 aromatic carbocycles. The lowest BCUT2D eigenvalue weighted by atomic mass is 10.1. The molecule has 0 radical (unpaired) electrons. The van der Waals surface area contributed by atoms with E-state index in [0.29, 0.717) is 16.3 Å². The minimum absolute atomic E-state index is 0.143. The second-order valence-corrected chi connectivity index (χ2v) is 7.41. The summed E-state index contributed by atoms with van der Waals surface area (Å²) in [6, 6.07) is 11.5. The van der Waals surface area contributed by atoms with Gasteiger partial charge >= 0.3 is 0 Å². The van der Waals surface area contributed by atoms with Crippen LogP contribution in [0.25, 0.3) is 11.3 Å². The Morgan fingerprint density at radius 3 is 2.44 bits per heavy atom. The van der Waals surface area contributed by atoms with Crippen molar-refractivity contribution in [1.29, 1.82) is 0 Å². The Labute approximate surface area is 158 Å². The maximum Gasteiger partial charge on any atom is 0.276 e. The van der Waals surface area contributed by atoms with Gasteiger partial charge in [0.1, 0.15) is 0 Å². The molecular weight excluding hydrogens is 394 g/mol. The number of hydrazone groups is 1. The van der Waals surface area contributed by atoms with Crippen molar-refractivity contribution in [3.05, 3.63) is 75.4 Å². The number of aromatic amines is 1. The molecule has 3 aromatic rings. The number of nitro groups is 1. The van der Waals surface area contributed by atoms with Crippen LogP contribution in [0.15, 0.2) is 64.7 Å². The second kappa shape index (κ2) is 7.56. The van der Waals surface area contributed by atoms with E-state index in [1.165, 1.54) is 12.4 Å². The molecule has 0 saturated carbocycles. The molecule has 27 heavy (non-hydrogen) atoms. The highest BCUT2D eigenvalue weighted by Gasteiger charge is 2.15. The van der Waals surface area contributed by atoms with Gasteiger partial charge in [-0.3, -0.25) is 15.2 Å². The average molecular weight is 406 g/mol. The Bertz CT molecular complexity index is 1090. The molecule has 0 aliphatic rings. The van der Waals surface area contributed by atoms with Crippen LogP contribution in [0.4, 0.5) is 5.69 Å². The van der Waals surface area contributed by atoms with Crippen molar-refractivity contribution < 1.29 is 13.3 Å². The predicted molar refractivity (Wildman–Crippen MR) is 100 cm³/mol. The summed E-state index contributed by atoms with van der Waals surface area (Å²) in [7, 11) is -3.96. The van der Waals surface area contributed by atoms with Crippen molar-refractivity contribution in [3.8, 4) is 11.3 Å². The van der Waals surface area contributed by atoms with Crippen molar-refractivity contribution in [1.82, 2.24) is 15.0 Å². The maximum absolute atomic E-state index is 12.2. The quantitative estimate of drug-likeness (QED) is 0.370. The van der Waals surface area contributed by atoms with E-state index in [2.05, 4.69) is 20.1 Å². The molecule has 0 unspecified atom stereocenters. The normalized spacial score (nSPS) is 11.6. The van der Waals surface area contributed by atoms with Crippen LogP contribution < -0.4 is 4.83 Å². The maximum atomic E-state index is 12.2. The molecule has 9 nitrogen and oxygen atoms in total. The lowest BCUT2D eigenvalue weighted by Gasteiger charge is -2.03. The number of hydrogen-bond donors (Lipinski definition) is 2. The number of sulfonamides is 1. The first-order valence-electron chi connectivity index (χ1n) is 7.45. The van der Waals surface area contributed by atoms with Gasteiger partial charge in [-0.15, -0.1) is 0 Å². The fourth-order valence-electron chi connectivity index (χ4n) is 2.21. The number of halogens is 1. The number of non-ortho nitro benzene ring substituents is 1. The van der Waals surface area contributed by atoms with Crippen LogP contribution >= 0.6 is 11.6 Å². The summed E-state index contributed by atoms with van der Waals surface area (Å²) in [5.41, 5.74) is 1.80. The van der Waals surface area contributed by atoms with Crippen LogP contribution in [0.5, 0.6) is 0 Å². The van der Waals surface area contributed by atoms with Crippen LogP contribution in [0.2, 0.25) is 5.02 Å². The summed E-state index contributed by atoms with van der Waals surface area (Å²) in [5.74, 6) is 0. The highest BCUT2D eigenvalue weighted by Crippen LogP contribution is 2.22. The van der Waals surface area contributed by atoms with Crippen molar-refractivity contribution in [3.63, 3.8) is 0 Å². The Morgan fingerprint density at radius 2 is 1.81 bits per heavy atom. The van der Waals surface area contributed by atoms with Gasteiger partial charge in [0.25, 0.3) is 15.7 Å². The minimum Gasteiger partial charge on any atom is -0.277 e. The molecule has 1 heterocycles. The molecule has 2 N–H and O–H groups in total. The first-order valence-corrected chi connectivity index (χ1v) is 9.31. The summed E-state index contributed by atoms with van der Waals surface area (Å²) in [6.07, 6.45) is 2.80. The summed E-state index contributed by atoms with van der Waals surface area (Å²) >= 11 is 5.87. The number of benzene rings is 2. The zero-order valence-corrected chi connectivity index (χ0v) is 15.1. The highest BCUT2D eigenvalue weighted by molar-refractivity contribution is 7.89. The van der Waals surface area contributed by atoms with E-state index >= 15 is 0 Å². The van der Waals surface area contributed by atoms with Gasteiger partial charge in [-0.2, -0.15) is 18.6 Å². The average Bonchev–Trinajstić information content (AvgIpc) is 3.11. The molecule has 11 heteroatoms. The molecule has 0 spiro atoms. The predicted octanol–water partition coefficient (Wildman–Crippen LogP) is 2.95. The lowest BCUT2D eigenvalue weighted by Crippen LogP contribution is -2.18. The lowest BCUT2D eigenvalue weighted by molar-refractivity contribution is -0.384. The Morgan fingerprint density at radius 1 is 1.15 bits per heavy atom. The minimum atomic E-state index is -3.96. The Hall–Kier alpha value is -3.24. The van der Waals surface area contributed by atoms with E-state index in [-0.39, 0.29) is 10.6 Å². The third kappa shape index (κ3) is 4.30. The van der Waals surface area contributed by atoms with Gasteiger partial charge in [-0.05, 0) is 24.3 Å². The van der Waals surface area contributed by atoms with Crippen molar-refractivity contribution in [2.24, 2.45) is 5.10 Å². The summed E-state index contributed by atoms with van der Waals surface area (Å²) in [5, 5.41) is 21.7. The van der Waals surface area contributed by atoms with Gasteiger partial charge in [-0.25, -0.2) is 4.83 Å². The number of hydrogen-bond acceptors (Lipinski definition) is 6. The van der Waals surface area contributed by atoms with Gasteiger partial charge in [0, 0.05) is 28.3 Å².